The van der Waals surface area contributed by atoms with Crippen molar-refractivity contribution < 1.29 is 0 Å². The highest BCUT2D eigenvalue weighted by molar-refractivity contribution is 6.90. The van der Waals surface area contributed by atoms with Crippen LogP contribution in [-0.2, 0) is 10.8 Å². The molecule has 0 bridgehead atoms. The minimum absolute atomic E-state index is 0.0140. The second kappa shape index (κ2) is 14.5. The van der Waals surface area contributed by atoms with Gasteiger partial charge >= 0.3 is 6.85 Å². The maximum absolute atomic E-state index is 7.26. The SMILES string of the molecule is CC(C)(C)c1ccc2c(c1)c1cc(C(C)(C)C)cc3c1n2B1c2cc4cc5c6ccccc6c6ccccc6c5cc4cc2N(c2cc(-c4ccccc4)cc(-c4ccccc4)c2)c2cc(N)cc-3c21. The zero-order chi connectivity index (χ0) is 47.4. The molecule has 0 saturated heterocycles. The van der Waals surface area contributed by atoms with Gasteiger partial charge in [-0.05, 0) is 177 Å². The summed E-state index contributed by atoms with van der Waals surface area (Å²) in [5, 5.41) is 12.7. The fourth-order valence-electron chi connectivity index (χ4n) is 12.2. The van der Waals surface area contributed by atoms with Gasteiger partial charge in [0, 0.05) is 50.1 Å². The van der Waals surface area contributed by atoms with Crippen molar-refractivity contribution >= 4 is 105 Å². The number of rotatable bonds is 3. The average Bonchev–Trinajstić information content (AvgIpc) is 3.70. The lowest BCUT2D eigenvalue weighted by atomic mass is 9.45. The summed E-state index contributed by atoms with van der Waals surface area (Å²) in [4.78, 5) is 2.54. The Kier molecular flexibility index (Phi) is 8.47. The van der Waals surface area contributed by atoms with Crippen molar-refractivity contribution in [3.63, 3.8) is 0 Å². The monoisotopic (exact) mass is 897 g/mol. The fourth-order valence-corrected chi connectivity index (χ4v) is 12.2. The van der Waals surface area contributed by atoms with Crippen LogP contribution >= 0.6 is 0 Å². The third-order valence-corrected chi connectivity index (χ3v) is 15.6. The first-order chi connectivity index (χ1) is 33.9. The first kappa shape index (κ1) is 40.9. The van der Waals surface area contributed by atoms with Gasteiger partial charge in [-0.3, -0.25) is 0 Å². The Balaban J connectivity index is 1.15. The van der Waals surface area contributed by atoms with Crippen molar-refractivity contribution in [3.05, 3.63) is 205 Å². The molecule has 3 heterocycles. The van der Waals surface area contributed by atoms with Crippen molar-refractivity contribution in [2.45, 2.75) is 52.4 Å². The van der Waals surface area contributed by atoms with E-state index >= 15 is 0 Å². The van der Waals surface area contributed by atoms with E-state index in [1.54, 1.807) is 0 Å². The number of nitrogen functional groups attached to an aromatic ring is 1. The Labute approximate surface area is 409 Å². The zero-order valence-electron chi connectivity index (χ0n) is 40.5. The van der Waals surface area contributed by atoms with E-state index in [1.807, 2.05) is 0 Å². The molecule has 12 aromatic rings. The van der Waals surface area contributed by atoms with Gasteiger partial charge in [-0.15, -0.1) is 0 Å². The van der Waals surface area contributed by atoms with Gasteiger partial charge in [-0.25, -0.2) is 0 Å². The minimum atomic E-state index is -0.135. The van der Waals surface area contributed by atoms with Crippen molar-refractivity contribution in [2.24, 2.45) is 0 Å². The smallest absolute Gasteiger partial charge is 0.333 e. The van der Waals surface area contributed by atoms with Crippen LogP contribution in [0.5, 0.6) is 0 Å². The van der Waals surface area contributed by atoms with E-state index in [-0.39, 0.29) is 17.7 Å². The molecule has 0 spiro atoms. The highest BCUT2D eigenvalue weighted by atomic mass is 15.2. The molecule has 0 atom stereocenters. The molecule has 70 heavy (non-hydrogen) atoms. The molecular weight excluding hydrogens is 846 g/mol. The maximum Gasteiger partial charge on any atom is 0.333 e. The molecule has 3 nitrogen and oxygen atoms in total. The lowest BCUT2D eigenvalue weighted by molar-refractivity contribution is 0.590. The number of anilines is 4. The van der Waals surface area contributed by atoms with Gasteiger partial charge in [0.2, 0.25) is 0 Å². The van der Waals surface area contributed by atoms with E-state index in [2.05, 4.69) is 245 Å². The largest absolute Gasteiger partial charge is 0.399 e. The summed E-state index contributed by atoms with van der Waals surface area (Å²) in [5.74, 6) is 0. The summed E-state index contributed by atoms with van der Waals surface area (Å²) in [7, 11) is 0. The quantitative estimate of drug-likeness (QED) is 0.0830. The Morgan fingerprint density at radius 1 is 0.400 bits per heavy atom. The average molecular weight is 898 g/mol. The first-order valence-corrected chi connectivity index (χ1v) is 24.8. The molecule has 0 radical (unpaired) electrons. The number of nitrogens with two attached hydrogens (primary N) is 1. The van der Waals surface area contributed by atoms with Gasteiger partial charge in [0.25, 0.3) is 0 Å². The summed E-state index contributed by atoms with van der Waals surface area (Å²) in [6.45, 7) is 13.9. The molecule has 2 N–H and O–H groups in total. The zero-order valence-corrected chi connectivity index (χ0v) is 40.5. The van der Waals surface area contributed by atoms with Crippen LogP contribution in [0.15, 0.2) is 194 Å². The molecule has 0 saturated carbocycles. The van der Waals surface area contributed by atoms with Crippen LogP contribution in [-0.4, -0.2) is 11.3 Å². The third-order valence-electron chi connectivity index (χ3n) is 15.6. The van der Waals surface area contributed by atoms with Crippen LogP contribution in [0.2, 0.25) is 0 Å². The lowest BCUT2D eigenvalue weighted by Gasteiger charge is -2.41. The normalized spacial score (nSPS) is 13.3. The van der Waals surface area contributed by atoms with Crippen LogP contribution in [0, 0.1) is 0 Å². The van der Waals surface area contributed by atoms with Gasteiger partial charge in [0.1, 0.15) is 0 Å². The number of fused-ring (bicyclic) bond motifs is 14. The van der Waals surface area contributed by atoms with Gasteiger partial charge in [-0.2, -0.15) is 0 Å². The van der Waals surface area contributed by atoms with Gasteiger partial charge in [0.15, 0.2) is 0 Å². The van der Waals surface area contributed by atoms with Gasteiger partial charge in [-0.1, -0.05) is 163 Å². The molecule has 334 valence electrons. The molecule has 4 heteroatoms. The summed E-state index contributed by atoms with van der Waals surface area (Å²) >= 11 is 0. The first-order valence-electron chi connectivity index (χ1n) is 24.8. The summed E-state index contributed by atoms with van der Waals surface area (Å²) < 4.78 is 2.70. The van der Waals surface area contributed by atoms with Crippen LogP contribution in [0.4, 0.5) is 22.7 Å². The van der Waals surface area contributed by atoms with E-state index in [0.717, 1.165) is 33.9 Å². The third kappa shape index (κ3) is 5.95. The van der Waals surface area contributed by atoms with Crippen LogP contribution in [0.25, 0.3) is 98.3 Å². The fraction of sp³-hybridized carbons (Fsp3) is 0.121. The predicted octanol–water partition coefficient (Wildman–Crippen LogP) is 16.3. The van der Waals surface area contributed by atoms with E-state index in [4.69, 9.17) is 5.73 Å². The van der Waals surface area contributed by atoms with E-state index in [9.17, 15) is 0 Å². The van der Waals surface area contributed by atoms with Crippen molar-refractivity contribution in [3.8, 4) is 33.4 Å². The summed E-state index contributed by atoms with van der Waals surface area (Å²) in [6.07, 6.45) is 0. The van der Waals surface area contributed by atoms with Crippen molar-refractivity contribution in [2.75, 3.05) is 10.6 Å². The van der Waals surface area contributed by atoms with Crippen LogP contribution in [0.1, 0.15) is 52.7 Å². The van der Waals surface area contributed by atoms with Crippen molar-refractivity contribution in [1.29, 1.82) is 0 Å². The highest BCUT2D eigenvalue weighted by Crippen LogP contribution is 2.50. The lowest BCUT2D eigenvalue weighted by Crippen LogP contribution is -2.56. The maximum atomic E-state index is 7.26. The molecule has 0 fully saturated rings. The second-order valence-electron chi connectivity index (χ2n) is 22.0. The van der Waals surface area contributed by atoms with E-state index in [1.165, 1.54) is 109 Å². The standard InChI is InChI=1S/C66H52BN3/c1-65(2,3)45-25-26-60-55(34-45)57-35-46(66(4,5)6)36-58-56-37-47(68)38-62-63(56)67(70(60)64(57)58)59-32-43-30-53-51-23-15-13-21-49(51)50-22-14-16-24-52(50)54(53)31-44(43)33-61(59)69(62)48-28-41(39-17-9-7-10-18-39)27-42(29-48)40-19-11-8-12-20-40/h7-38H,68H2,1-6H3. The Morgan fingerprint density at radius 3 is 1.53 bits per heavy atom. The molecular formula is C66H52BN3. The predicted molar refractivity (Wildman–Crippen MR) is 303 cm³/mol. The molecule has 2 aliphatic rings. The molecule has 11 aromatic carbocycles. The van der Waals surface area contributed by atoms with Crippen LogP contribution < -0.4 is 21.6 Å². The highest BCUT2D eigenvalue weighted by Gasteiger charge is 2.44. The molecule has 0 aliphatic carbocycles. The second-order valence-corrected chi connectivity index (χ2v) is 22.0. The molecule has 14 rings (SSSR count). The summed E-state index contributed by atoms with van der Waals surface area (Å²) in [5.41, 5.74) is 26.1. The van der Waals surface area contributed by atoms with Gasteiger partial charge in [0.05, 0.1) is 0 Å². The van der Waals surface area contributed by atoms with E-state index < -0.39 is 0 Å². The Morgan fingerprint density at radius 2 is 0.943 bits per heavy atom. The topological polar surface area (TPSA) is 34.2 Å². The number of hydrogen-bond acceptors (Lipinski definition) is 2. The number of hydrogen-bond donors (Lipinski definition) is 1. The summed E-state index contributed by atoms with van der Waals surface area (Å²) in [6, 6.07) is 73.2. The number of benzene rings is 11. The van der Waals surface area contributed by atoms with Gasteiger partial charge < -0.3 is 15.1 Å². The molecule has 0 amide bonds. The van der Waals surface area contributed by atoms with E-state index in [0.29, 0.717) is 0 Å². The Hall–Kier alpha value is -8.08. The van der Waals surface area contributed by atoms with Crippen LogP contribution in [0.3, 0.4) is 0 Å². The Bertz CT molecular complexity index is 4150. The number of nitrogens with zero attached hydrogens (tertiary/aromatic N) is 2. The minimum Gasteiger partial charge on any atom is -0.399 e. The van der Waals surface area contributed by atoms with Crippen molar-refractivity contribution in [1.82, 2.24) is 4.48 Å². The molecule has 1 aromatic heterocycles. The number of aromatic nitrogens is 1. The molecule has 2 aliphatic heterocycles. The molecule has 0 unspecified atom stereocenters.